The summed E-state index contributed by atoms with van der Waals surface area (Å²) in [5.41, 5.74) is 1.32. The van der Waals surface area contributed by atoms with Crippen LogP contribution >= 0.6 is 11.6 Å². The van der Waals surface area contributed by atoms with Crippen LogP contribution in [0.15, 0.2) is 54.6 Å². The van der Waals surface area contributed by atoms with E-state index in [4.69, 9.17) is 16.3 Å². The standard InChI is InChI=1S/C21H24ClN3O4/c1-2-29-21(28)24-13-12-23-20(27)18(14-15-6-4-3-5-7-15)25-19(26)16-8-10-17(22)11-9-16/h3-11,18H,2,12-14H2,1H3,(H,23,27)(H,24,28)(H,25,26). The predicted molar refractivity (Wildman–Crippen MR) is 111 cm³/mol. The van der Waals surface area contributed by atoms with Crippen molar-refractivity contribution < 1.29 is 19.1 Å². The second-order valence-corrected chi connectivity index (χ2v) is 6.60. The fourth-order valence-corrected chi connectivity index (χ4v) is 2.68. The summed E-state index contributed by atoms with van der Waals surface area (Å²) in [4.78, 5) is 36.5. The lowest BCUT2D eigenvalue weighted by Crippen LogP contribution is -2.49. The van der Waals surface area contributed by atoms with E-state index in [2.05, 4.69) is 16.0 Å². The van der Waals surface area contributed by atoms with Gasteiger partial charge in [-0.1, -0.05) is 41.9 Å². The molecule has 1 unspecified atom stereocenters. The summed E-state index contributed by atoms with van der Waals surface area (Å²) in [5, 5.41) is 8.53. The van der Waals surface area contributed by atoms with Crippen LogP contribution in [0.1, 0.15) is 22.8 Å². The Hall–Kier alpha value is -3.06. The Morgan fingerprint density at radius 1 is 0.966 bits per heavy atom. The van der Waals surface area contributed by atoms with E-state index >= 15 is 0 Å². The van der Waals surface area contributed by atoms with E-state index < -0.39 is 12.1 Å². The molecule has 0 aliphatic carbocycles. The maximum Gasteiger partial charge on any atom is 0.407 e. The van der Waals surface area contributed by atoms with E-state index in [-0.39, 0.29) is 31.5 Å². The Labute approximate surface area is 174 Å². The van der Waals surface area contributed by atoms with E-state index in [0.29, 0.717) is 17.0 Å². The molecule has 0 saturated heterocycles. The number of halogens is 1. The molecule has 3 amide bonds. The van der Waals surface area contributed by atoms with Gasteiger partial charge in [0, 0.05) is 30.1 Å². The highest BCUT2D eigenvalue weighted by Gasteiger charge is 2.21. The molecule has 2 rings (SSSR count). The minimum Gasteiger partial charge on any atom is -0.450 e. The van der Waals surface area contributed by atoms with Crippen molar-refractivity contribution in [3.8, 4) is 0 Å². The number of amides is 3. The molecule has 0 heterocycles. The monoisotopic (exact) mass is 417 g/mol. The van der Waals surface area contributed by atoms with Crippen LogP contribution in [0, 0.1) is 0 Å². The van der Waals surface area contributed by atoms with Crippen molar-refractivity contribution in [2.45, 2.75) is 19.4 Å². The summed E-state index contributed by atoms with van der Waals surface area (Å²) in [6, 6.07) is 15.0. The second-order valence-electron chi connectivity index (χ2n) is 6.16. The maximum atomic E-state index is 12.6. The molecule has 2 aromatic carbocycles. The van der Waals surface area contributed by atoms with Gasteiger partial charge in [0.1, 0.15) is 6.04 Å². The molecule has 0 fully saturated rings. The van der Waals surface area contributed by atoms with Gasteiger partial charge in [0.25, 0.3) is 5.91 Å². The molecule has 0 aromatic heterocycles. The number of hydrogen-bond donors (Lipinski definition) is 3. The molecular formula is C21H24ClN3O4. The molecule has 2 aromatic rings. The molecule has 3 N–H and O–H groups in total. The van der Waals surface area contributed by atoms with Crippen LogP contribution in [0.3, 0.4) is 0 Å². The number of carbonyl (C=O) groups is 3. The normalized spacial score (nSPS) is 11.2. The highest BCUT2D eigenvalue weighted by Crippen LogP contribution is 2.10. The predicted octanol–water partition coefficient (Wildman–Crippen LogP) is 2.54. The average molecular weight is 418 g/mol. The second kappa shape index (κ2) is 11.7. The van der Waals surface area contributed by atoms with Crippen LogP contribution in [-0.4, -0.2) is 43.6 Å². The molecule has 0 radical (unpaired) electrons. The quantitative estimate of drug-likeness (QED) is 0.546. The molecule has 0 aliphatic heterocycles. The van der Waals surface area contributed by atoms with Gasteiger partial charge in [-0.2, -0.15) is 0 Å². The minimum atomic E-state index is -0.775. The molecule has 7 nitrogen and oxygen atoms in total. The van der Waals surface area contributed by atoms with Crippen molar-refractivity contribution >= 4 is 29.5 Å². The number of carbonyl (C=O) groups excluding carboxylic acids is 3. The van der Waals surface area contributed by atoms with Crippen molar-refractivity contribution in [3.63, 3.8) is 0 Å². The third-order valence-electron chi connectivity index (χ3n) is 3.98. The van der Waals surface area contributed by atoms with E-state index in [9.17, 15) is 14.4 Å². The fraction of sp³-hybridized carbons (Fsp3) is 0.286. The Morgan fingerprint density at radius 3 is 2.28 bits per heavy atom. The van der Waals surface area contributed by atoms with Gasteiger partial charge in [0.15, 0.2) is 0 Å². The van der Waals surface area contributed by atoms with E-state index in [1.807, 2.05) is 30.3 Å². The molecule has 0 saturated carbocycles. The van der Waals surface area contributed by atoms with Gasteiger partial charge in [-0.25, -0.2) is 4.79 Å². The van der Waals surface area contributed by atoms with Crippen molar-refractivity contribution in [1.29, 1.82) is 0 Å². The first-order valence-corrected chi connectivity index (χ1v) is 9.66. The summed E-state index contributed by atoms with van der Waals surface area (Å²) < 4.78 is 4.76. The van der Waals surface area contributed by atoms with Crippen LogP contribution < -0.4 is 16.0 Å². The van der Waals surface area contributed by atoms with E-state index in [0.717, 1.165) is 5.56 Å². The lowest BCUT2D eigenvalue weighted by Gasteiger charge is -2.19. The highest BCUT2D eigenvalue weighted by molar-refractivity contribution is 6.30. The van der Waals surface area contributed by atoms with Crippen LogP contribution in [0.2, 0.25) is 5.02 Å². The van der Waals surface area contributed by atoms with Crippen LogP contribution in [0.4, 0.5) is 4.79 Å². The molecule has 0 bridgehead atoms. The number of ether oxygens (including phenoxy) is 1. The Morgan fingerprint density at radius 2 is 1.62 bits per heavy atom. The average Bonchev–Trinajstić information content (AvgIpc) is 2.72. The molecule has 0 aliphatic rings. The summed E-state index contributed by atoms with van der Waals surface area (Å²) >= 11 is 5.86. The maximum absolute atomic E-state index is 12.6. The number of alkyl carbamates (subject to hydrolysis) is 1. The van der Waals surface area contributed by atoms with Gasteiger partial charge in [-0.3, -0.25) is 9.59 Å². The topological polar surface area (TPSA) is 96.5 Å². The van der Waals surface area contributed by atoms with Gasteiger partial charge in [-0.15, -0.1) is 0 Å². The molecule has 29 heavy (non-hydrogen) atoms. The number of rotatable bonds is 9. The molecule has 0 spiro atoms. The van der Waals surface area contributed by atoms with Gasteiger partial charge in [0.05, 0.1) is 6.61 Å². The molecule has 1 atom stereocenters. The first-order chi connectivity index (χ1) is 14.0. The van der Waals surface area contributed by atoms with Crippen molar-refractivity contribution in [3.05, 3.63) is 70.7 Å². The van der Waals surface area contributed by atoms with Crippen molar-refractivity contribution in [1.82, 2.24) is 16.0 Å². The number of benzene rings is 2. The number of nitrogens with one attached hydrogen (secondary N) is 3. The first-order valence-electron chi connectivity index (χ1n) is 9.28. The highest BCUT2D eigenvalue weighted by atomic mass is 35.5. The van der Waals surface area contributed by atoms with Gasteiger partial charge in [0.2, 0.25) is 5.91 Å². The lowest BCUT2D eigenvalue weighted by molar-refractivity contribution is -0.122. The lowest BCUT2D eigenvalue weighted by atomic mass is 10.0. The van der Waals surface area contributed by atoms with Crippen LogP contribution in [0.25, 0.3) is 0 Å². The largest absolute Gasteiger partial charge is 0.450 e. The Bertz CT molecular complexity index is 812. The van der Waals surface area contributed by atoms with Gasteiger partial charge < -0.3 is 20.7 Å². The summed E-state index contributed by atoms with van der Waals surface area (Å²) in [7, 11) is 0. The van der Waals surface area contributed by atoms with Crippen molar-refractivity contribution in [2.24, 2.45) is 0 Å². The molecular weight excluding hydrogens is 394 g/mol. The third kappa shape index (κ3) is 7.83. The van der Waals surface area contributed by atoms with E-state index in [1.54, 1.807) is 31.2 Å². The zero-order valence-corrected chi connectivity index (χ0v) is 16.9. The summed E-state index contributed by atoms with van der Waals surface area (Å²) in [6.07, 6.45) is -0.212. The number of hydrogen-bond acceptors (Lipinski definition) is 4. The molecule has 8 heteroatoms. The van der Waals surface area contributed by atoms with Gasteiger partial charge in [-0.05, 0) is 36.8 Å². The zero-order valence-electron chi connectivity index (χ0n) is 16.1. The summed E-state index contributed by atoms with van der Waals surface area (Å²) in [6.45, 7) is 2.40. The SMILES string of the molecule is CCOC(=O)NCCNC(=O)C(Cc1ccccc1)NC(=O)c1ccc(Cl)cc1. The van der Waals surface area contributed by atoms with E-state index in [1.165, 1.54) is 0 Å². The minimum absolute atomic E-state index is 0.208. The zero-order chi connectivity index (χ0) is 21.1. The Kier molecular flexibility index (Phi) is 8.98. The Balaban J connectivity index is 1.98. The van der Waals surface area contributed by atoms with Crippen LogP contribution in [-0.2, 0) is 16.0 Å². The fourth-order valence-electron chi connectivity index (χ4n) is 2.56. The summed E-state index contributed by atoms with van der Waals surface area (Å²) in [5.74, 6) is -0.718. The first kappa shape index (κ1) is 22.2. The van der Waals surface area contributed by atoms with Gasteiger partial charge >= 0.3 is 6.09 Å². The van der Waals surface area contributed by atoms with Crippen LogP contribution in [0.5, 0.6) is 0 Å². The van der Waals surface area contributed by atoms with Crippen molar-refractivity contribution in [2.75, 3.05) is 19.7 Å². The smallest absolute Gasteiger partial charge is 0.407 e. The molecule has 154 valence electrons. The third-order valence-corrected chi connectivity index (χ3v) is 4.23.